The number of benzene rings is 1. The third-order valence-electron chi connectivity index (χ3n) is 3.72. The lowest BCUT2D eigenvalue weighted by molar-refractivity contribution is -0.402. The van der Waals surface area contributed by atoms with Crippen molar-refractivity contribution in [1.82, 2.24) is 4.67 Å². The molecule has 0 saturated heterocycles. The van der Waals surface area contributed by atoms with Crippen LogP contribution >= 0.6 is 23.7 Å². The monoisotopic (exact) mass is 460 g/mol. The zero-order chi connectivity index (χ0) is 19.9. The molecule has 8 nitrogen and oxygen atoms in total. The Hall–Kier alpha value is -1.67. The SMILES string of the molecule is Cc1ccc(OP(=O)(OCc2ccc([N+](=O)[O-])o2)N(C)CCCCBr)cc1. The van der Waals surface area contributed by atoms with Gasteiger partial charge in [-0.15, -0.1) is 0 Å². The van der Waals surface area contributed by atoms with E-state index in [9.17, 15) is 14.7 Å². The molecule has 10 heteroatoms. The van der Waals surface area contributed by atoms with Crippen molar-refractivity contribution in [2.24, 2.45) is 0 Å². The molecule has 1 aromatic heterocycles. The minimum absolute atomic E-state index is 0.197. The van der Waals surface area contributed by atoms with E-state index in [1.54, 1.807) is 19.2 Å². The molecular weight excluding hydrogens is 439 g/mol. The van der Waals surface area contributed by atoms with E-state index in [-0.39, 0.29) is 12.4 Å². The molecule has 0 bridgehead atoms. The lowest BCUT2D eigenvalue weighted by atomic mass is 10.2. The van der Waals surface area contributed by atoms with Crippen molar-refractivity contribution >= 4 is 29.6 Å². The molecule has 1 heterocycles. The van der Waals surface area contributed by atoms with E-state index in [1.165, 1.54) is 16.8 Å². The van der Waals surface area contributed by atoms with Gasteiger partial charge in [0, 0.05) is 11.9 Å². The van der Waals surface area contributed by atoms with Gasteiger partial charge in [0.25, 0.3) is 0 Å². The maximum Gasteiger partial charge on any atom is 0.461 e. The van der Waals surface area contributed by atoms with Crippen molar-refractivity contribution in [3.63, 3.8) is 0 Å². The molecule has 0 saturated carbocycles. The van der Waals surface area contributed by atoms with Crippen LogP contribution in [0.2, 0.25) is 0 Å². The van der Waals surface area contributed by atoms with Gasteiger partial charge < -0.3 is 8.94 Å². The van der Waals surface area contributed by atoms with Gasteiger partial charge in [-0.25, -0.2) is 9.24 Å². The number of aryl methyl sites for hydroxylation is 1. The lowest BCUT2D eigenvalue weighted by Crippen LogP contribution is -2.21. The summed E-state index contributed by atoms with van der Waals surface area (Å²) in [5.74, 6) is 0.221. The number of alkyl halides is 1. The van der Waals surface area contributed by atoms with Crippen molar-refractivity contribution in [2.45, 2.75) is 26.4 Å². The molecule has 0 amide bonds. The zero-order valence-corrected chi connectivity index (χ0v) is 17.6. The van der Waals surface area contributed by atoms with Gasteiger partial charge in [0.05, 0.1) is 6.07 Å². The summed E-state index contributed by atoms with van der Waals surface area (Å²) in [4.78, 5) is 10.1. The second kappa shape index (κ2) is 10.0. The van der Waals surface area contributed by atoms with Crippen molar-refractivity contribution < 1.29 is 23.0 Å². The summed E-state index contributed by atoms with van der Waals surface area (Å²) in [7, 11) is -2.02. The number of hydrogen-bond donors (Lipinski definition) is 0. The number of nitrogens with zero attached hydrogens (tertiary/aromatic N) is 2. The van der Waals surface area contributed by atoms with Crippen molar-refractivity contribution in [1.29, 1.82) is 0 Å². The number of rotatable bonds is 11. The van der Waals surface area contributed by atoms with Crippen LogP contribution in [-0.4, -0.2) is 28.5 Å². The van der Waals surface area contributed by atoms with Crippen LogP contribution in [0.4, 0.5) is 5.88 Å². The van der Waals surface area contributed by atoms with Gasteiger partial charge in [0.15, 0.2) is 0 Å². The Balaban J connectivity index is 2.12. The summed E-state index contributed by atoms with van der Waals surface area (Å²) < 4.78 is 31.2. The van der Waals surface area contributed by atoms with Crippen molar-refractivity contribution in [2.75, 3.05) is 18.9 Å². The second-order valence-electron chi connectivity index (χ2n) is 5.92. The average molecular weight is 461 g/mol. The Morgan fingerprint density at radius 2 is 1.93 bits per heavy atom. The van der Waals surface area contributed by atoms with Crippen LogP contribution in [0, 0.1) is 17.0 Å². The number of halogens is 1. The van der Waals surface area contributed by atoms with Crippen LogP contribution in [0.25, 0.3) is 0 Å². The van der Waals surface area contributed by atoms with Gasteiger partial charge in [-0.2, -0.15) is 0 Å². The zero-order valence-electron chi connectivity index (χ0n) is 15.2. The smallest absolute Gasteiger partial charge is 0.413 e. The maximum atomic E-state index is 13.4. The second-order valence-corrected chi connectivity index (χ2v) is 8.77. The van der Waals surface area contributed by atoms with E-state index in [0.717, 1.165) is 23.7 Å². The first-order chi connectivity index (χ1) is 12.8. The largest absolute Gasteiger partial charge is 0.461 e. The third-order valence-corrected chi connectivity index (χ3v) is 6.22. The molecule has 1 atom stereocenters. The molecule has 148 valence electrons. The first kappa shape index (κ1) is 21.6. The van der Waals surface area contributed by atoms with Crippen LogP contribution in [-0.2, 0) is 15.7 Å². The molecule has 0 fully saturated rings. The van der Waals surface area contributed by atoms with Gasteiger partial charge in [-0.1, -0.05) is 33.6 Å². The van der Waals surface area contributed by atoms with Crippen LogP contribution in [0.5, 0.6) is 5.75 Å². The highest BCUT2D eigenvalue weighted by atomic mass is 79.9. The number of furan rings is 1. The molecule has 2 rings (SSSR count). The van der Waals surface area contributed by atoms with Crippen LogP contribution in [0.1, 0.15) is 24.2 Å². The molecule has 1 unspecified atom stereocenters. The van der Waals surface area contributed by atoms with Crippen molar-refractivity contribution in [3.8, 4) is 5.75 Å². The molecule has 0 aliphatic rings. The molecule has 0 spiro atoms. The maximum absolute atomic E-state index is 13.4. The Bertz CT molecular complexity index is 795. The standard InChI is InChI=1S/C17H22BrN2O6P/c1-14-5-7-15(8-6-14)26-27(23,19(2)12-4-3-11-18)24-13-16-9-10-17(25-16)20(21)22/h5-10H,3-4,11-13H2,1-2H3. The molecule has 2 aromatic rings. The van der Waals surface area contributed by atoms with E-state index in [4.69, 9.17) is 13.5 Å². The van der Waals surface area contributed by atoms with Gasteiger partial charge >= 0.3 is 13.6 Å². The molecule has 27 heavy (non-hydrogen) atoms. The van der Waals surface area contributed by atoms with E-state index in [1.807, 2.05) is 19.1 Å². The first-order valence-corrected chi connectivity index (χ1v) is 11.0. The minimum atomic E-state index is -3.68. The van der Waals surface area contributed by atoms with E-state index < -0.39 is 18.6 Å². The minimum Gasteiger partial charge on any atom is -0.413 e. The topological polar surface area (TPSA) is 95.0 Å². The van der Waals surface area contributed by atoms with Crippen LogP contribution in [0.3, 0.4) is 0 Å². The molecule has 0 aliphatic heterocycles. The van der Waals surface area contributed by atoms with Crippen LogP contribution < -0.4 is 4.52 Å². The number of nitro groups is 1. The highest BCUT2D eigenvalue weighted by Crippen LogP contribution is 2.51. The van der Waals surface area contributed by atoms with Gasteiger partial charge in [-0.3, -0.25) is 14.6 Å². The van der Waals surface area contributed by atoms with Gasteiger partial charge in [0.2, 0.25) is 0 Å². The predicted octanol–water partition coefficient (Wildman–Crippen LogP) is 5.31. The van der Waals surface area contributed by atoms with Crippen molar-refractivity contribution in [3.05, 3.63) is 57.8 Å². The number of hydrogen-bond acceptors (Lipinski definition) is 6. The fraction of sp³-hybridized carbons (Fsp3) is 0.412. The Labute approximate surface area is 166 Å². The van der Waals surface area contributed by atoms with E-state index in [0.29, 0.717) is 12.3 Å². The summed E-state index contributed by atoms with van der Waals surface area (Å²) in [5, 5.41) is 11.6. The normalized spacial score (nSPS) is 13.5. The van der Waals surface area contributed by atoms with E-state index in [2.05, 4.69) is 15.9 Å². The summed E-state index contributed by atoms with van der Waals surface area (Å²) >= 11 is 3.37. The Morgan fingerprint density at radius 3 is 2.52 bits per heavy atom. The average Bonchev–Trinajstić information content (AvgIpc) is 3.11. The first-order valence-electron chi connectivity index (χ1n) is 8.35. The van der Waals surface area contributed by atoms with Gasteiger partial charge in [-0.05, 0) is 45.0 Å². The highest BCUT2D eigenvalue weighted by molar-refractivity contribution is 9.09. The summed E-state index contributed by atoms with van der Waals surface area (Å²) in [6.07, 6.45) is 1.72. The Kier molecular flexibility index (Phi) is 8.04. The summed E-state index contributed by atoms with van der Waals surface area (Å²) in [5.41, 5.74) is 1.05. The molecule has 0 radical (unpaired) electrons. The fourth-order valence-electron chi connectivity index (χ4n) is 2.17. The fourth-order valence-corrected chi connectivity index (χ4v) is 4.02. The lowest BCUT2D eigenvalue weighted by Gasteiger charge is -2.26. The highest BCUT2D eigenvalue weighted by Gasteiger charge is 2.33. The summed E-state index contributed by atoms with van der Waals surface area (Å²) in [6, 6.07) is 9.77. The molecule has 0 N–H and O–H groups in total. The van der Waals surface area contributed by atoms with Crippen LogP contribution in [0.15, 0.2) is 40.8 Å². The molecule has 1 aromatic carbocycles. The third kappa shape index (κ3) is 6.46. The Morgan fingerprint density at radius 1 is 1.22 bits per heavy atom. The molecular formula is C17H22BrN2O6P. The quantitative estimate of drug-likeness (QED) is 0.147. The van der Waals surface area contributed by atoms with Gasteiger partial charge in [0.1, 0.15) is 23.0 Å². The number of unbranched alkanes of at least 4 members (excludes halogenated alkanes) is 1. The predicted molar refractivity (Wildman–Crippen MR) is 105 cm³/mol. The molecule has 0 aliphatic carbocycles. The van der Waals surface area contributed by atoms with E-state index >= 15 is 0 Å². The summed E-state index contributed by atoms with van der Waals surface area (Å²) in [6.45, 7) is 2.24.